The molecule has 5 aromatic heterocycles. The Hall–Kier alpha value is -11.2. The number of hydrogen-bond donors (Lipinski definition) is 0. The van der Waals surface area contributed by atoms with Crippen LogP contribution < -0.4 is 0 Å². The molecule has 18 aromatic rings. The molecule has 0 spiro atoms. The molecule has 0 unspecified atom stereocenters. The quantitative estimate of drug-likeness (QED) is 0.161. The minimum Gasteiger partial charge on any atom is -0.306 e. The van der Waals surface area contributed by atoms with Crippen molar-refractivity contribution < 1.29 is 0 Å². The Morgan fingerprint density at radius 3 is 1.16 bits per heavy atom. The second-order valence-electron chi connectivity index (χ2n) is 21.6. The molecule has 0 aliphatic heterocycles. The van der Waals surface area contributed by atoms with E-state index < -0.39 is 0 Å². The van der Waals surface area contributed by atoms with Crippen LogP contribution in [0.3, 0.4) is 0 Å². The van der Waals surface area contributed by atoms with Crippen LogP contribution in [0.4, 0.5) is 0 Å². The van der Waals surface area contributed by atoms with Gasteiger partial charge in [0.25, 0.3) is 0 Å². The van der Waals surface area contributed by atoms with Gasteiger partial charge < -0.3 is 18.3 Å². The summed E-state index contributed by atoms with van der Waals surface area (Å²) in [6, 6.07) is 96.9. The molecule has 0 amide bonds. The van der Waals surface area contributed by atoms with Gasteiger partial charge in [0.15, 0.2) is 0 Å². The molecule has 0 saturated carbocycles. The molecule has 382 valence electrons. The van der Waals surface area contributed by atoms with E-state index in [2.05, 4.69) is 285 Å². The third-order valence-corrected chi connectivity index (χ3v) is 18.8. The second kappa shape index (κ2) is 17.1. The number of hydrogen-bond acceptors (Lipinski definition) is 3. The lowest BCUT2D eigenvalue weighted by molar-refractivity contribution is 1.01. The van der Waals surface area contributed by atoms with Crippen molar-refractivity contribution in [3.8, 4) is 46.0 Å². The van der Waals surface area contributed by atoms with E-state index in [-0.39, 0.29) is 11.1 Å². The van der Waals surface area contributed by atoms with Gasteiger partial charge in [-0.1, -0.05) is 206 Å². The zero-order chi connectivity index (χ0) is 54.6. The normalized spacial score (nSPS) is 12.1. The van der Waals surface area contributed by atoms with E-state index in [1.807, 2.05) is 0 Å². The van der Waals surface area contributed by atoms with Crippen LogP contribution in [-0.2, 0) is 0 Å². The molecule has 0 aliphatic carbocycles. The maximum atomic E-state index is 12.7. The molecule has 0 aliphatic rings. The molecule has 0 radical (unpaired) electrons. The molecular weight excluding hydrogens is 1030 g/mol. The molecule has 83 heavy (non-hydrogen) atoms. The SMILES string of the molecule is N#Cc1c(C#N)c(-n2c3cccc(-c4cccc5ccc6ccccc6c45)c3c3ccc4c5ccccc5sc4c32)c(-n2c3ccccc3c3ccccc32)c(-n2c3ccccc3c3ccccc32)c1-n1c2ccccc2c2ccccc21. The Morgan fingerprint density at radius 1 is 0.265 bits per heavy atom. The predicted molar refractivity (Wildman–Crippen MR) is 347 cm³/mol. The van der Waals surface area contributed by atoms with Gasteiger partial charge in [-0.15, -0.1) is 11.3 Å². The first-order valence-corrected chi connectivity index (χ1v) is 28.8. The highest BCUT2D eigenvalue weighted by atomic mass is 32.1. The minimum atomic E-state index is 0.268. The monoisotopic (exact) mass is 1070 g/mol. The molecule has 5 heterocycles. The maximum Gasteiger partial charge on any atom is 0.103 e. The van der Waals surface area contributed by atoms with Gasteiger partial charge in [0, 0.05) is 58.6 Å². The van der Waals surface area contributed by atoms with Crippen molar-refractivity contribution in [2.45, 2.75) is 0 Å². The summed E-state index contributed by atoms with van der Waals surface area (Å²) in [5.41, 5.74) is 13.1. The van der Waals surface area contributed by atoms with E-state index in [1.54, 1.807) is 11.3 Å². The molecule has 18 rings (SSSR count). The topological polar surface area (TPSA) is 67.3 Å². The third-order valence-electron chi connectivity index (χ3n) is 17.6. The molecule has 7 heteroatoms. The largest absolute Gasteiger partial charge is 0.306 e. The van der Waals surface area contributed by atoms with E-state index in [4.69, 9.17) is 0 Å². The number of fused-ring (bicyclic) bond motifs is 19. The number of benzene rings is 13. The van der Waals surface area contributed by atoms with Gasteiger partial charge in [-0.2, -0.15) is 10.5 Å². The van der Waals surface area contributed by atoms with Crippen LogP contribution in [-0.4, -0.2) is 18.3 Å². The third kappa shape index (κ3) is 6.07. The molecule has 0 atom stereocenters. The highest BCUT2D eigenvalue weighted by Gasteiger charge is 2.35. The number of nitriles is 2. The Bertz CT molecular complexity index is 5820. The summed E-state index contributed by atoms with van der Waals surface area (Å²) >= 11 is 1.78. The molecule has 0 bridgehead atoms. The van der Waals surface area contributed by atoms with Gasteiger partial charge in [-0.05, 0) is 81.2 Å². The fourth-order valence-electron chi connectivity index (χ4n) is 14.3. The summed E-state index contributed by atoms with van der Waals surface area (Å²) < 4.78 is 11.7. The fourth-order valence-corrected chi connectivity index (χ4v) is 15.6. The van der Waals surface area contributed by atoms with Gasteiger partial charge in [0.05, 0.1) is 82.7 Å². The number of para-hydroxylation sites is 6. The van der Waals surface area contributed by atoms with Crippen LogP contribution in [0.15, 0.2) is 255 Å². The van der Waals surface area contributed by atoms with Crippen molar-refractivity contribution in [2.24, 2.45) is 0 Å². The Labute approximate surface area is 478 Å². The average Bonchev–Trinajstić information content (AvgIpc) is 2.90. The molecule has 13 aromatic carbocycles. The summed E-state index contributed by atoms with van der Waals surface area (Å²) in [5.74, 6) is 0. The van der Waals surface area contributed by atoms with Gasteiger partial charge >= 0.3 is 0 Å². The molecule has 0 fully saturated rings. The summed E-state index contributed by atoms with van der Waals surface area (Å²) in [6.07, 6.45) is 0. The van der Waals surface area contributed by atoms with Crippen LogP contribution in [0.1, 0.15) is 11.1 Å². The zero-order valence-corrected chi connectivity index (χ0v) is 45.2. The summed E-state index contributed by atoms with van der Waals surface area (Å²) in [6.45, 7) is 0. The van der Waals surface area contributed by atoms with Crippen LogP contribution >= 0.6 is 11.3 Å². The minimum absolute atomic E-state index is 0.268. The van der Waals surface area contributed by atoms with E-state index in [9.17, 15) is 10.5 Å². The van der Waals surface area contributed by atoms with E-state index in [0.717, 1.165) is 125 Å². The van der Waals surface area contributed by atoms with Crippen molar-refractivity contribution in [3.63, 3.8) is 0 Å². The Balaban J connectivity index is 1.16. The van der Waals surface area contributed by atoms with Gasteiger partial charge in [-0.25, -0.2) is 0 Å². The van der Waals surface area contributed by atoms with Crippen molar-refractivity contribution in [3.05, 3.63) is 266 Å². The molecule has 6 nitrogen and oxygen atoms in total. The predicted octanol–water partition coefficient (Wildman–Crippen LogP) is 20.2. The van der Waals surface area contributed by atoms with Crippen LogP contribution in [0.25, 0.3) is 163 Å². The lowest BCUT2D eigenvalue weighted by atomic mass is 9.91. The van der Waals surface area contributed by atoms with Gasteiger partial charge in [0.2, 0.25) is 0 Å². The van der Waals surface area contributed by atoms with Gasteiger partial charge in [0.1, 0.15) is 12.1 Å². The Kier molecular flexibility index (Phi) is 9.42. The maximum absolute atomic E-state index is 12.7. The van der Waals surface area contributed by atoms with Crippen LogP contribution in [0.5, 0.6) is 0 Å². The van der Waals surface area contributed by atoms with Crippen molar-refractivity contribution in [1.29, 1.82) is 10.5 Å². The number of aromatic nitrogens is 4. The first kappa shape index (κ1) is 45.6. The average molecular weight is 1070 g/mol. The first-order valence-electron chi connectivity index (χ1n) is 28.0. The summed E-state index contributed by atoms with van der Waals surface area (Å²) in [4.78, 5) is 0. The van der Waals surface area contributed by atoms with E-state index in [0.29, 0.717) is 11.4 Å². The smallest absolute Gasteiger partial charge is 0.103 e. The van der Waals surface area contributed by atoms with Crippen LogP contribution in [0.2, 0.25) is 0 Å². The number of thiophene rings is 1. The Morgan fingerprint density at radius 2 is 0.639 bits per heavy atom. The zero-order valence-electron chi connectivity index (χ0n) is 44.3. The standard InChI is InChI=1S/C76H42N6S/c77-43-59-60(44-78)72(82-67-37-18-30-56(55-29-17-20-46-40-39-45-19-1-2-21-47(45)69(46)55)70(67)58-42-41-57-54-28-9-16-38-68(54)83-76(57)73(58)82)75(81-65-35-14-7-26-52(65)53-27-8-15-36-66(53)81)74(80-63-33-12-5-24-50(63)51-25-6-13-34-64(51)80)71(59)79-61-31-10-3-22-48(61)49-23-4-11-32-62(49)79/h1-42H. The lowest BCUT2D eigenvalue weighted by Crippen LogP contribution is -2.17. The first-order chi connectivity index (χ1) is 41.2. The van der Waals surface area contributed by atoms with Crippen molar-refractivity contribution in [2.75, 3.05) is 0 Å². The summed E-state index contributed by atoms with van der Waals surface area (Å²) in [7, 11) is 0. The number of rotatable bonds is 5. The van der Waals surface area contributed by atoms with E-state index in [1.165, 1.54) is 26.2 Å². The van der Waals surface area contributed by atoms with Crippen molar-refractivity contribution >= 4 is 140 Å². The van der Waals surface area contributed by atoms with Crippen molar-refractivity contribution in [1.82, 2.24) is 18.3 Å². The fraction of sp³-hybridized carbons (Fsp3) is 0. The van der Waals surface area contributed by atoms with Gasteiger partial charge in [-0.3, -0.25) is 0 Å². The lowest BCUT2D eigenvalue weighted by Gasteiger charge is -2.27. The molecule has 0 N–H and O–H groups in total. The van der Waals surface area contributed by atoms with Crippen LogP contribution in [0, 0.1) is 22.7 Å². The molecular formula is C76H42N6S. The second-order valence-corrected chi connectivity index (χ2v) is 22.7. The molecule has 0 saturated heterocycles. The van der Waals surface area contributed by atoms with E-state index >= 15 is 0 Å². The highest BCUT2D eigenvalue weighted by molar-refractivity contribution is 7.26. The highest BCUT2D eigenvalue weighted by Crippen LogP contribution is 2.52. The summed E-state index contributed by atoms with van der Waals surface area (Å²) in [5, 5.41) is 40.7. The number of nitrogens with zero attached hydrogens (tertiary/aromatic N) is 6.